The number of amides is 1. The SMILES string of the molecule is Cc1nn([C@@H]2CCS(=O)(=O)C2)c(Cl)c1/C=C/C(=O)OCC(=O)NCc1ccc2c(c1)OCO2. The normalized spacial score (nSPS) is 18.5. The minimum atomic E-state index is -3.09. The van der Waals surface area contributed by atoms with Crippen molar-refractivity contribution in [2.24, 2.45) is 0 Å². The van der Waals surface area contributed by atoms with Crippen molar-refractivity contribution in [1.82, 2.24) is 15.1 Å². The largest absolute Gasteiger partial charge is 0.454 e. The van der Waals surface area contributed by atoms with Crippen LogP contribution in [0.1, 0.15) is 29.3 Å². The quantitative estimate of drug-likeness (QED) is 0.455. The van der Waals surface area contributed by atoms with Crippen LogP contribution in [0.15, 0.2) is 24.3 Å². The van der Waals surface area contributed by atoms with Gasteiger partial charge in [0, 0.05) is 18.2 Å². The molecule has 0 aliphatic carbocycles. The molecule has 0 spiro atoms. The summed E-state index contributed by atoms with van der Waals surface area (Å²) in [7, 11) is -3.09. The first-order valence-corrected chi connectivity index (χ1v) is 12.4. The van der Waals surface area contributed by atoms with Crippen LogP contribution < -0.4 is 14.8 Å². The molecule has 1 saturated heterocycles. The van der Waals surface area contributed by atoms with Crippen molar-refractivity contribution in [2.45, 2.75) is 25.9 Å². The van der Waals surface area contributed by atoms with Gasteiger partial charge in [0.2, 0.25) is 6.79 Å². The molecular formula is C21H22ClN3O7S. The van der Waals surface area contributed by atoms with Gasteiger partial charge in [-0.2, -0.15) is 5.10 Å². The van der Waals surface area contributed by atoms with E-state index in [-0.39, 0.29) is 36.0 Å². The summed E-state index contributed by atoms with van der Waals surface area (Å²) in [6.45, 7) is 1.68. The molecule has 12 heteroatoms. The number of hydrogen-bond acceptors (Lipinski definition) is 8. The Kier molecular flexibility index (Phi) is 6.61. The van der Waals surface area contributed by atoms with Gasteiger partial charge in [-0.1, -0.05) is 17.7 Å². The van der Waals surface area contributed by atoms with Gasteiger partial charge < -0.3 is 19.5 Å². The Labute approximate surface area is 195 Å². The number of sulfone groups is 1. The number of carbonyl (C=O) groups is 2. The summed E-state index contributed by atoms with van der Waals surface area (Å²) in [5.41, 5.74) is 1.86. The number of aryl methyl sites for hydroxylation is 1. The minimum Gasteiger partial charge on any atom is -0.454 e. The van der Waals surface area contributed by atoms with Crippen LogP contribution in [0.5, 0.6) is 11.5 Å². The van der Waals surface area contributed by atoms with Crippen LogP contribution in [0.2, 0.25) is 5.15 Å². The molecule has 2 aromatic rings. The number of carbonyl (C=O) groups excluding carboxylic acids is 2. The number of hydrogen-bond donors (Lipinski definition) is 1. The van der Waals surface area contributed by atoms with Crippen LogP contribution >= 0.6 is 11.6 Å². The number of benzene rings is 1. The van der Waals surface area contributed by atoms with Gasteiger partial charge in [-0.05, 0) is 37.1 Å². The van der Waals surface area contributed by atoms with Crippen molar-refractivity contribution in [1.29, 1.82) is 0 Å². The number of rotatable bonds is 7. The monoisotopic (exact) mass is 495 g/mol. The highest BCUT2D eigenvalue weighted by atomic mass is 35.5. The second-order valence-electron chi connectivity index (χ2n) is 7.70. The minimum absolute atomic E-state index is 0.0135. The summed E-state index contributed by atoms with van der Waals surface area (Å²) in [5, 5.41) is 7.23. The summed E-state index contributed by atoms with van der Waals surface area (Å²) >= 11 is 6.37. The predicted molar refractivity (Wildman–Crippen MR) is 119 cm³/mol. The zero-order valence-electron chi connectivity index (χ0n) is 17.7. The summed E-state index contributed by atoms with van der Waals surface area (Å²) in [4.78, 5) is 24.0. The van der Waals surface area contributed by atoms with Crippen molar-refractivity contribution in [3.05, 3.63) is 46.2 Å². The summed E-state index contributed by atoms with van der Waals surface area (Å²) in [6, 6.07) is 5.00. The maximum atomic E-state index is 12.0. The van der Waals surface area contributed by atoms with Crippen molar-refractivity contribution in [3.8, 4) is 11.5 Å². The number of nitrogens with one attached hydrogen (secondary N) is 1. The third-order valence-corrected chi connectivity index (χ3v) is 7.41. The number of ether oxygens (including phenoxy) is 3. The molecule has 33 heavy (non-hydrogen) atoms. The molecule has 1 aromatic heterocycles. The van der Waals surface area contributed by atoms with Crippen molar-refractivity contribution in [2.75, 3.05) is 24.9 Å². The van der Waals surface area contributed by atoms with Crippen molar-refractivity contribution >= 4 is 39.4 Å². The van der Waals surface area contributed by atoms with Crippen LogP contribution in [-0.4, -0.2) is 55.0 Å². The Bertz CT molecular complexity index is 1220. The van der Waals surface area contributed by atoms with Crippen LogP contribution in [0.25, 0.3) is 6.08 Å². The Hall–Kier alpha value is -3.05. The van der Waals surface area contributed by atoms with E-state index >= 15 is 0 Å². The molecule has 0 unspecified atom stereocenters. The summed E-state index contributed by atoms with van der Waals surface area (Å²) in [5.74, 6) is 0.172. The molecule has 10 nitrogen and oxygen atoms in total. The van der Waals surface area contributed by atoms with E-state index in [9.17, 15) is 18.0 Å². The maximum absolute atomic E-state index is 12.0. The van der Waals surface area contributed by atoms with Crippen LogP contribution in [-0.2, 0) is 30.7 Å². The Balaban J connectivity index is 1.27. The van der Waals surface area contributed by atoms with E-state index < -0.39 is 28.3 Å². The average molecular weight is 496 g/mol. The summed E-state index contributed by atoms with van der Waals surface area (Å²) < 4.78 is 40.4. The molecule has 4 rings (SSSR count). The number of fused-ring (bicyclic) bond motifs is 1. The van der Waals surface area contributed by atoms with E-state index in [0.717, 1.165) is 11.6 Å². The highest BCUT2D eigenvalue weighted by Crippen LogP contribution is 2.32. The molecule has 176 valence electrons. The zero-order valence-corrected chi connectivity index (χ0v) is 19.3. The van der Waals surface area contributed by atoms with Gasteiger partial charge in [0.1, 0.15) is 5.15 Å². The highest BCUT2D eigenvalue weighted by molar-refractivity contribution is 7.91. The second-order valence-corrected chi connectivity index (χ2v) is 10.3. The average Bonchev–Trinajstić information content (AvgIpc) is 3.46. The molecule has 1 fully saturated rings. The molecule has 3 heterocycles. The molecule has 1 atom stereocenters. The number of esters is 1. The molecule has 2 aliphatic rings. The van der Waals surface area contributed by atoms with Crippen LogP contribution in [0.3, 0.4) is 0 Å². The smallest absolute Gasteiger partial charge is 0.331 e. The number of halogens is 1. The molecule has 0 bridgehead atoms. The third-order valence-electron chi connectivity index (χ3n) is 5.28. The van der Waals surface area contributed by atoms with E-state index in [1.807, 2.05) is 0 Å². The fraction of sp³-hybridized carbons (Fsp3) is 0.381. The first kappa shape index (κ1) is 23.1. The second kappa shape index (κ2) is 9.44. The van der Waals surface area contributed by atoms with E-state index in [1.165, 1.54) is 10.8 Å². The fourth-order valence-corrected chi connectivity index (χ4v) is 5.64. The van der Waals surface area contributed by atoms with Crippen LogP contribution in [0.4, 0.5) is 0 Å². The van der Waals surface area contributed by atoms with E-state index in [0.29, 0.717) is 29.2 Å². The van der Waals surface area contributed by atoms with Crippen LogP contribution in [0, 0.1) is 6.92 Å². The first-order chi connectivity index (χ1) is 15.7. The highest BCUT2D eigenvalue weighted by Gasteiger charge is 2.31. The van der Waals surface area contributed by atoms with Crippen molar-refractivity contribution < 1.29 is 32.2 Å². The van der Waals surface area contributed by atoms with Gasteiger partial charge in [-0.15, -0.1) is 0 Å². The van der Waals surface area contributed by atoms with E-state index in [1.54, 1.807) is 25.1 Å². The molecule has 1 aromatic carbocycles. The molecule has 1 N–H and O–H groups in total. The Morgan fingerprint density at radius 1 is 1.33 bits per heavy atom. The number of nitrogens with zero attached hydrogens (tertiary/aromatic N) is 2. The third kappa shape index (κ3) is 5.48. The Morgan fingerprint density at radius 2 is 2.12 bits per heavy atom. The molecular weight excluding hydrogens is 474 g/mol. The lowest BCUT2D eigenvalue weighted by atomic mass is 10.2. The lowest BCUT2D eigenvalue weighted by Crippen LogP contribution is -2.28. The lowest BCUT2D eigenvalue weighted by molar-refractivity contribution is -0.143. The lowest BCUT2D eigenvalue weighted by Gasteiger charge is -2.09. The molecule has 2 aliphatic heterocycles. The Morgan fingerprint density at radius 3 is 2.88 bits per heavy atom. The van der Waals surface area contributed by atoms with Gasteiger partial charge in [-0.25, -0.2) is 17.9 Å². The first-order valence-electron chi connectivity index (χ1n) is 10.2. The predicted octanol–water partition coefficient (Wildman–Crippen LogP) is 1.81. The molecule has 0 radical (unpaired) electrons. The molecule has 0 saturated carbocycles. The fourth-order valence-electron chi connectivity index (χ4n) is 3.57. The van der Waals surface area contributed by atoms with Gasteiger partial charge >= 0.3 is 5.97 Å². The number of aromatic nitrogens is 2. The maximum Gasteiger partial charge on any atom is 0.331 e. The summed E-state index contributed by atoms with van der Waals surface area (Å²) in [6.07, 6.45) is 3.03. The van der Waals surface area contributed by atoms with Gasteiger partial charge in [0.15, 0.2) is 27.9 Å². The standard InChI is InChI=1S/C21H22ClN3O7S/c1-13-16(21(22)25(24-13)15-6-7-33(28,29)11-15)3-5-20(27)30-10-19(26)23-9-14-2-4-17-18(8-14)32-12-31-17/h2-5,8,15H,6-7,9-12H2,1H3,(H,23,26)/b5-3+/t15-/m1/s1. The van der Waals surface area contributed by atoms with E-state index in [2.05, 4.69) is 10.4 Å². The topological polar surface area (TPSA) is 126 Å². The van der Waals surface area contributed by atoms with Gasteiger partial charge in [0.05, 0.1) is 23.2 Å². The van der Waals surface area contributed by atoms with E-state index in [4.69, 9.17) is 25.8 Å². The van der Waals surface area contributed by atoms with Crippen molar-refractivity contribution in [3.63, 3.8) is 0 Å². The molecule has 1 amide bonds. The zero-order chi connectivity index (χ0) is 23.6. The van der Waals surface area contributed by atoms with Gasteiger partial charge in [-0.3, -0.25) is 4.79 Å². The van der Waals surface area contributed by atoms with Gasteiger partial charge in [0.25, 0.3) is 5.91 Å².